The van der Waals surface area contributed by atoms with Crippen molar-refractivity contribution >= 4 is 23.5 Å². The monoisotopic (exact) mass is 330 g/mol. The van der Waals surface area contributed by atoms with Crippen molar-refractivity contribution in [3.8, 4) is 5.75 Å². The Bertz CT molecular complexity index is 677. The Morgan fingerprint density at radius 3 is 2.61 bits per heavy atom. The summed E-state index contributed by atoms with van der Waals surface area (Å²) in [4.78, 5) is 12.2. The Labute approximate surface area is 141 Å². The number of benzene rings is 2. The van der Waals surface area contributed by atoms with Crippen LogP contribution < -0.4 is 4.74 Å². The molecule has 0 saturated carbocycles. The number of hydrogen-bond acceptors (Lipinski definition) is 3. The fourth-order valence-electron chi connectivity index (χ4n) is 2.17. The fourth-order valence-corrected chi connectivity index (χ4v) is 2.36. The summed E-state index contributed by atoms with van der Waals surface area (Å²) in [6, 6.07) is 14.4. The minimum Gasteiger partial charge on any atom is -0.497 e. The fraction of sp³-hybridized carbons (Fsp3) is 0.211. The first-order valence-electron chi connectivity index (χ1n) is 7.34. The minimum atomic E-state index is -0.233. The number of rotatable bonds is 7. The second kappa shape index (κ2) is 8.51. The van der Waals surface area contributed by atoms with Gasteiger partial charge in [-0.2, -0.15) is 0 Å². The molecule has 0 aliphatic heterocycles. The number of carbonyl (C=O) groups excluding carboxylic acids is 1. The van der Waals surface area contributed by atoms with Crippen molar-refractivity contribution in [2.75, 3.05) is 13.7 Å². The highest BCUT2D eigenvalue weighted by Gasteiger charge is 2.12. The Morgan fingerprint density at radius 2 is 2.00 bits per heavy atom. The van der Waals surface area contributed by atoms with Crippen LogP contribution in [0.25, 0.3) is 6.08 Å². The van der Waals surface area contributed by atoms with Crippen LogP contribution in [0.3, 0.4) is 0 Å². The van der Waals surface area contributed by atoms with Crippen molar-refractivity contribution in [1.29, 1.82) is 0 Å². The third-order valence-electron chi connectivity index (χ3n) is 3.51. The summed E-state index contributed by atoms with van der Waals surface area (Å²) in [6.45, 7) is -0.0844. The van der Waals surface area contributed by atoms with E-state index in [0.29, 0.717) is 10.6 Å². The van der Waals surface area contributed by atoms with Gasteiger partial charge in [0.25, 0.3) is 0 Å². The quantitative estimate of drug-likeness (QED) is 0.772. The number of aliphatic hydroxyl groups is 1. The van der Waals surface area contributed by atoms with Gasteiger partial charge in [-0.25, -0.2) is 0 Å². The lowest BCUT2D eigenvalue weighted by Crippen LogP contribution is -2.10. The summed E-state index contributed by atoms with van der Waals surface area (Å²) >= 11 is 5.90. The van der Waals surface area contributed by atoms with Gasteiger partial charge in [-0.3, -0.25) is 4.79 Å². The third-order valence-corrected chi connectivity index (χ3v) is 3.74. The molecule has 4 heteroatoms. The van der Waals surface area contributed by atoms with Crippen LogP contribution in [0.15, 0.2) is 54.6 Å². The summed E-state index contributed by atoms with van der Waals surface area (Å²) in [5.41, 5.74) is 1.55. The van der Waals surface area contributed by atoms with Gasteiger partial charge in [-0.1, -0.05) is 48.0 Å². The molecule has 0 fully saturated rings. The highest BCUT2D eigenvalue weighted by Crippen LogP contribution is 2.17. The van der Waals surface area contributed by atoms with E-state index < -0.39 is 0 Å². The van der Waals surface area contributed by atoms with Gasteiger partial charge < -0.3 is 9.84 Å². The van der Waals surface area contributed by atoms with Gasteiger partial charge in [-0.15, -0.1) is 0 Å². The molecule has 120 valence electrons. The normalized spacial score (nSPS) is 12.3. The molecule has 3 nitrogen and oxygen atoms in total. The van der Waals surface area contributed by atoms with Crippen molar-refractivity contribution in [3.63, 3.8) is 0 Å². The number of methoxy groups -OCH3 is 1. The Morgan fingerprint density at radius 1 is 1.26 bits per heavy atom. The van der Waals surface area contributed by atoms with E-state index in [4.69, 9.17) is 16.3 Å². The number of ether oxygens (including phenoxy) is 1. The number of aliphatic hydroxyl groups excluding tert-OH is 1. The van der Waals surface area contributed by atoms with E-state index in [1.165, 1.54) is 0 Å². The summed E-state index contributed by atoms with van der Waals surface area (Å²) in [7, 11) is 1.62. The zero-order chi connectivity index (χ0) is 16.7. The zero-order valence-electron chi connectivity index (χ0n) is 12.9. The molecular formula is C19H19ClO3. The molecule has 0 saturated heterocycles. The lowest BCUT2D eigenvalue weighted by molar-refractivity contribution is 0.0952. The van der Waals surface area contributed by atoms with Gasteiger partial charge in [0.1, 0.15) is 5.75 Å². The van der Waals surface area contributed by atoms with Crippen LogP contribution in [0.5, 0.6) is 5.75 Å². The van der Waals surface area contributed by atoms with Crippen LogP contribution in [0.2, 0.25) is 5.02 Å². The maximum absolute atomic E-state index is 12.2. The molecule has 0 unspecified atom stereocenters. The second-order valence-electron chi connectivity index (χ2n) is 5.21. The molecule has 0 radical (unpaired) electrons. The standard InChI is InChI=1S/C19H19ClO3/c1-23-18-9-7-14(8-10-18)5-6-15(13-21)11-19(22)16-3-2-4-17(20)12-16/h2-10,12,15,21H,11,13H2,1H3/b6-5+/t15-/m1/s1. The van der Waals surface area contributed by atoms with Crippen LogP contribution in [0.4, 0.5) is 0 Å². The van der Waals surface area contributed by atoms with Crippen molar-refractivity contribution < 1.29 is 14.6 Å². The largest absolute Gasteiger partial charge is 0.497 e. The van der Waals surface area contributed by atoms with Crippen molar-refractivity contribution in [2.45, 2.75) is 6.42 Å². The van der Waals surface area contributed by atoms with Crippen LogP contribution in [0, 0.1) is 5.92 Å². The molecule has 0 spiro atoms. The highest BCUT2D eigenvalue weighted by molar-refractivity contribution is 6.31. The van der Waals surface area contributed by atoms with Crippen LogP contribution in [0.1, 0.15) is 22.3 Å². The van der Waals surface area contributed by atoms with E-state index in [1.54, 1.807) is 31.4 Å². The van der Waals surface area contributed by atoms with Gasteiger partial charge in [0, 0.05) is 29.5 Å². The SMILES string of the molecule is COc1ccc(/C=C/[C@@H](CO)CC(=O)c2cccc(Cl)c2)cc1. The molecule has 0 aliphatic carbocycles. The van der Waals surface area contributed by atoms with Crippen molar-refractivity contribution in [3.05, 3.63) is 70.8 Å². The molecule has 23 heavy (non-hydrogen) atoms. The zero-order valence-corrected chi connectivity index (χ0v) is 13.7. The van der Waals surface area contributed by atoms with Gasteiger partial charge >= 0.3 is 0 Å². The first-order valence-corrected chi connectivity index (χ1v) is 7.72. The van der Waals surface area contributed by atoms with E-state index >= 15 is 0 Å². The molecule has 1 N–H and O–H groups in total. The molecule has 0 aromatic heterocycles. The first kappa shape index (κ1) is 17.3. The molecule has 2 rings (SSSR count). The first-order chi connectivity index (χ1) is 11.1. The summed E-state index contributed by atoms with van der Waals surface area (Å²) in [5, 5.41) is 10.0. The lowest BCUT2D eigenvalue weighted by Gasteiger charge is -2.09. The molecule has 2 aromatic carbocycles. The number of Topliss-reactive ketones (excluding diaryl/α,β-unsaturated/α-hetero) is 1. The summed E-state index contributed by atoms with van der Waals surface area (Å²) in [6.07, 6.45) is 3.99. The Balaban J connectivity index is 2.01. The van der Waals surface area contributed by atoms with Crippen LogP contribution >= 0.6 is 11.6 Å². The minimum absolute atomic E-state index is 0.0362. The lowest BCUT2D eigenvalue weighted by atomic mass is 9.97. The summed E-state index contributed by atoms with van der Waals surface area (Å²) < 4.78 is 5.11. The molecule has 2 aromatic rings. The topological polar surface area (TPSA) is 46.5 Å². The van der Waals surface area contributed by atoms with Gasteiger partial charge in [0.15, 0.2) is 5.78 Å². The molecule has 0 amide bonds. The van der Waals surface area contributed by atoms with Crippen LogP contribution in [-0.2, 0) is 0 Å². The van der Waals surface area contributed by atoms with E-state index in [-0.39, 0.29) is 24.7 Å². The predicted octanol–water partition coefficient (Wildman–Crippen LogP) is 4.24. The summed E-state index contributed by atoms with van der Waals surface area (Å²) in [5.74, 6) is 0.520. The molecule has 0 bridgehead atoms. The highest BCUT2D eigenvalue weighted by atomic mass is 35.5. The van der Waals surface area contributed by atoms with E-state index in [9.17, 15) is 9.90 Å². The van der Waals surface area contributed by atoms with Crippen molar-refractivity contribution in [2.24, 2.45) is 5.92 Å². The predicted molar refractivity (Wildman–Crippen MR) is 93.0 cm³/mol. The number of halogens is 1. The van der Waals surface area contributed by atoms with E-state index in [0.717, 1.165) is 11.3 Å². The molecule has 0 aliphatic rings. The van der Waals surface area contributed by atoms with E-state index in [1.807, 2.05) is 36.4 Å². The van der Waals surface area contributed by atoms with Gasteiger partial charge in [0.05, 0.1) is 7.11 Å². The average Bonchev–Trinajstić information content (AvgIpc) is 2.58. The van der Waals surface area contributed by atoms with E-state index in [2.05, 4.69) is 0 Å². The number of ketones is 1. The van der Waals surface area contributed by atoms with Crippen molar-refractivity contribution in [1.82, 2.24) is 0 Å². The maximum atomic E-state index is 12.2. The Kier molecular flexibility index (Phi) is 6.39. The molecule has 0 heterocycles. The van der Waals surface area contributed by atoms with Gasteiger partial charge in [-0.05, 0) is 29.8 Å². The molecular weight excluding hydrogens is 312 g/mol. The second-order valence-corrected chi connectivity index (χ2v) is 5.65. The maximum Gasteiger partial charge on any atom is 0.163 e. The third kappa shape index (κ3) is 5.23. The number of carbonyl (C=O) groups is 1. The van der Waals surface area contributed by atoms with Gasteiger partial charge in [0.2, 0.25) is 0 Å². The average molecular weight is 331 g/mol. The molecule has 1 atom stereocenters. The van der Waals surface area contributed by atoms with Crippen LogP contribution in [-0.4, -0.2) is 24.6 Å². The smallest absolute Gasteiger partial charge is 0.163 e. The Hall–Kier alpha value is -2.10. The number of hydrogen-bond donors (Lipinski definition) is 1.